The number of nitrogens with zero attached hydrogens (tertiary/aromatic N) is 2. The Balaban J connectivity index is 1.59. The molecule has 1 aliphatic rings. The van der Waals surface area contributed by atoms with E-state index in [0.717, 1.165) is 44.7 Å². The zero-order valence-corrected chi connectivity index (χ0v) is 14.9. The number of anilines is 1. The largest absolute Gasteiger partial charge is 0.493 e. The van der Waals surface area contributed by atoms with Crippen molar-refractivity contribution in [1.82, 2.24) is 9.97 Å². The van der Waals surface area contributed by atoms with Gasteiger partial charge in [0.05, 0.1) is 17.2 Å². The molecule has 0 fully saturated rings. The molecule has 128 valence electrons. The highest BCUT2D eigenvalue weighted by Crippen LogP contribution is 2.35. The summed E-state index contributed by atoms with van der Waals surface area (Å²) in [5.41, 5.74) is 4.65. The number of hydrogen-bond donors (Lipinski definition) is 1. The Morgan fingerprint density at radius 3 is 2.96 bits per heavy atom. The third kappa shape index (κ3) is 2.98. The first kappa shape index (κ1) is 16.0. The standard InChI is InChI=1S/C19H18FN3OS/c1-11-13(4-3-8-21-11)18-12(2)23-19(25-18)22-10-15-14-7-9-24-17(14)6-5-16(15)20/h3-6,8H,7,9-10H2,1-2H3,(H,22,23). The lowest BCUT2D eigenvalue weighted by Crippen LogP contribution is -2.04. The summed E-state index contributed by atoms with van der Waals surface area (Å²) >= 11 is 1.57. The van der Waals surface area contributed by atoms with Gasteiger partial charge < -0.3 is 10.1 Å². The molecule has 4 nitrogen and oxygen atoms in total. The smallest absolute Gasteiger partial charge is 0.183 e. The quantitative estimate of drug-likeness (QED) is 0.748. The maximum atomic E-state index is 14.2. The molecule has 0 saturated heterocycles. The van der Waals surface area contributed by atoms with Gasteiger partial charge in [-0.15, -0.1) is 0 Å². The minimum atomic E-state index is -0.201. The average Bonchev–Trinajstić information content (AvgIpc) is 3.21. The van der Waals surface area contributed by atoms with Gasteiger partial charge in [-0.1, -0.05) is 17.4 Å². The molecular formula is C19H18FN3OS. The van der Waals surface area contributed by atoms with E-state index in [1.165, 1.54) is 6.07 Å². The van der Waals surface area contributed by atoms with Gasteiger partial charge in [0, 0.05) is 41.5 Å². The Morgan fingerprint density at radius 2 is 2.12 bits per heavy atom. The van der Waals surface area contributed by atoms with Gasteiger partial charge in [0.2, 0.25) is 0 Å². The van der Waals surface area contributed by atoms with Crippen LogP contribution < -0.4 is 10.1 Å². The van der Waals surface area contributed by atoms with Gasteiger partial charge in [-0.05, 0) is 32.0 Å². The van der Waals surface area contributed by atoms with Crippen LogP contribution in [0, 0.1) is 19.7 Å². The topological polar surface area (TPSA) is 47.0 Å². The highest BCUT2D eigenvalue weighted by Gasteiger charge is 2.20. The molecule has 25 heavy (non-hydrogen) atoms. The third-order valence-corrected chi connectivity index (χ3v) is 5.55. The normalized spacial score (nSPS) is 12.8. The van der Waals surface area contributed by atoms with E-state index in [0.29, 0.717) is 18.7 Å². The van der Waals surface area contributed by atoms with Gasteiger partial charge in [0.15, 0.2) is 5.13 Å². The van der Waals surface area contributed by atoms with Crippen LogP contribution in [0.3, 0.4) is 0 Å². The number of pyridine rings is 1. The first-order chi connectivity index (χ1) is 12.1. The highest BCUT2D eigenvalue weighted by atomic mass is 32.1. The number of halogens is 1. The van der Waals surface area contributed by atoms with Crippen LogP contribution in [-0.4, -0.2) is 16.6 Å². The fourth-order valence-electron chi connectivity index (χ4n) is 3.12. The van der Waals surface area contributed by atoms with Crippen LogP contribution in [-0.2, 0) is 13.0 Å². The lowest BCUT2D eigenvalue weighted by Gasteiger charge is -2.09. The van der Waals surface area contributed by atoms with Crippen molar-refractivity contribution >= 4 is 16.5 Å². The van der Waals surface area contributed by atoms with Crippen LogP contribution in [0.2, 0.25) is 0 Å². The van der Waals surface area contributed by atoms with Crippen LogP contribution in [0.25, 0.3) is 10.4 Å². The van der Waals surface area contributed by atoms with E-state index >= 15 is 0 Å². The maximum Gasteiger partial charge on any atom is 0.183 e. The van der Waals surface area contributed by atoms with Crippen LogP contribution in [0.1, 0.15) is 22.5 Å². The maximum absolute atomic E-state index is 14.2. The fraction of sp³-hybridized carbons (Fsp3) is 0.263. The summed E-state index contributed by atoms with van der Waals surface area (Å²) in [6.07, 6.45) is 2.54. The minimum Gasteiger partial charge on any atom is -0.493 e. The Hall–Kier alpha value is -2.47. The van der Waals surface area contributed by atoms with Crippen molar-refractivity contribution in [2.24, 2.45) is 0 Å². The zero-order chi connectivity index (χ0) is 17.4. The molecule has 0 saturated carbocycles. The van der Waals surface area contributed by atoms with Gasteiger partial charge in [-0.25, -0.2) is 9.37 Å². The second-order valence-electron chi connectivity index (χ2n) is 6.02. The molecule has 0 spiro atoms. The SMILES string of the molecule is Cc1ncccc1-c1sc(NCc2c(F)ccc3c2CCO3)nc1C. The molecule has 0 atom stereocenters. The molecule has 0 bridgehead atoms. The second kappa shape index (κ2) is 6.44. The molecule has 0 unspecified atom stereocenters. The van der Waals surface area contributed by atoms with Crippen molar-refractivity contribution in [3.63, 3.8) is 0 Å². The number of fused-ring (bicyclic) bond motifs is 1. The van der Waals surface area contributed by atoms with Crippen molar-refractivity contribution in [2.45, 2.75) is 26.8 Å². The van der Waals surface area contributed by atoms with Crippen molar-refractivity contribution in [3.8, 4) is 16.2 Å². The Kier molecular flexibility index (Phi) is 4.13. The lowest BCUT2D eigenvalue weighted by atomic mass is 10.0. The summed E-state index contributed by atoms with van der Waals surface area (Å²) in [4.78, 5) is 10.0. The zero-order valence-electron chi connectivity index (χ0n) is 14.1. The molecule has 0 amide bonds. The molecule has 3 heterocycles. The number of benzene rings is 1. The molecule has 0 radical (unpaired) electrons. The molecule has 1 aliphatic heterocycles. The molecule has 4 rings (SSSR count). The number of ether oxygens (including phenoxy) is 1. The molecule has 6 heteroatoms. The summed E-state index contributed by atoms with van der Waals surface area (Å²) < 4.78 is 19.8. The average molecular weight is 355 g/mol. The van der Waals surface area contributed by atoms with Gasteiger partial charge in [-0.3, -0.25) is 4.98 Å². The molecular weight excluding hydrogens is 337 g/mol. The van der Waals surface area contributed by atoms with E-state index in [1.807, 2.05) is 26.0 Å². The molecule has 2 aromatic heterocycles. The van der Waals surface area contributed by atoms with Crippen LogP contribution in [0.15, 0.2) is 30.5 Å². The monoisotopic (exact) mass is 355 g/mol. The van der Waals surface area contributed by atoms with Crippen molar-refractivity contribution in [1.29, 1.82) is 0 Å². The van der Waals surface area contributed by atoms with E-state index in [1.54, 1.807) is 23.6 Å². The molecule has 1 aromatic carbocycles. The number of nitrogens with one attached hydrogen (secondary N) is 1. The fourth-order valence-corrected chi connectivity index (χ4v) is 4.16. The number of hydrogen-bond acceptors (Lipinski definition) is 5. The van der Waals surface area contributed by atoms with E-state index in [9.17, 15) is 4.39 Å². The Morgan fingerprint density at radius 1 is 1.24 bits per heavy atom. The van der Waals surface area contributed by atoms with Crippen LogP contribution >= 0.6 is 11.3 Å². The van der Waals surface area contributed by atoms with E-state index in [2.05, 4.69) is 15.3 Å². The van der Waals surface area contributed by atoms with Crippen molar-refractivity contribution in [3.05, 3.63) is 58.8 Å². The summed E-state index contributed by atoms with van der Waals surface area (Å²) in [6, 6.07) is 7.15. The number of aromatic nitrogens is 2. The van der Waals surface area contributed by atoms with E-state index in [4.69, 9.17) is 4.74 Å². The van der Waals surface area contributed by atoms with Crippen LogP contribution in [0.4, 0.5) is 9.52 Å². The first-order valence-corrected chi connectivity index (χ1v) is 9.01. The minimum absolute atomic E-state index is 0.201. The van der Waals surface area contributed by atoms with E-state index < -0.39 is 0 Å². The number of rotatable bonds is 4. The van der Waals surface area contributed by atoms with E-state index in [-0.39, 0.29) is 5.82 Å². The molecule has 0 aliphatic carbocycles. The van der Waals surface area contributed by atoms with Crippen molar-refractivity contribution in [2.75, 3.05) is 11.9 Å². The Labute approximate surface area is 149 Å². The third-order valence-electron chi connectivity index (χ3n) is 4.41. The van der Waals surface area contributed by atoms with Gasteiger partial charge in [0.1, 0.15) is 11.6 Å². The molecule has 1 N–H and O–H groups in total. The Bertz CT molecular complexity index is 938. The van der Waals surface area contributed by atoms with Crippen LogP contribution in [0.5, 0.6) is 5.75 Å². The number of thiazole rings is 1. The van der Waals surface area contributed by atoms with Gasteiger partial charge >= 0.3 is 0 Å². The lowest BCUT2D eigenvalue weighted by molar-refractivity contribution is 0.356. The van der Waals surface area contributed by atoms with Crippen molar-refractivity contribution < 1.29 is 9.13 Å². The predicted molar refractivity (Wildman–Crippen MR) is 97.7 cm³/mol. The van der Waals surface area contributed by atoms with Gasteiger partial charge in [-0.2, -0.15) is 0 Å². The number of aryl methyl sites for hydroxylation is 2. The second-order valence-corrected chi connectivity index (χ2v) is 7.02. The summed E-state index contributed by atoms with van der Waals surface area (Å²) in [5.74, 6) is 0.591. The van der Waals surface area contributed by atoms with Gasteiger partial charge in [0.25, 0.3) is 0 Å². The summed E-state index contributed by atoms with van der Waals surface area (Å²) in [6.45, 7) is 4.99. The summed E-state index contributed by atoms with van der Waals surface area (Å²) in [5, 5.41) is 4.06. The first-order valence-electron chi connectivity index (χ1n) is 8.20. The highest BCUT2D eigenvalue weighted by molar-refractivity contribution is 7.19. The predicted octanol–water partition coefficient (Wildman–Crippen LogP) is 4.51. The summed E-state index contributed by atoms with van der Waals surface area (Å²) in [7, 11) is 0. The molecule has 3 aromatic rings.